The van der Waals surface area contributed by atoms with E-state index in [1.807, 2.05) is 13.8 Å². The highest BCUT2D eigenvalue weighted by molar-refractivity contribution is 6.32. The maximum absolute atomic E-state index is 6.14. The van der Waals surface area contributed by atoms with Crippen LogP contribution in [-0.2, 0) is 0 Å². The lowest BCUT2D eigenvalue weighted by atomic mass is 10.2. The lowest BCUT2D eigenvalue weighted by molar-refractivity contribution is 0.400. The van der Waals surface area contributed by atoms with E-state index < -0.39 is 0 Å². The van der Waals surface area contributed by atoms with Crippen molar-refractivity contribution in [2.24, 2.45) is 0 Å². The lowest BCUT2D eigenvalue weighted by Gasteiger charge is -2.14. The zero-order chi connectivity index (χ0) is 18.7. The van der Waals surface area contributed by atoms with Crippen LogP contribution in [0.15, 0.2) is 28.8 Å². The van der Waals surface area contributed by atoms with E-state index in [1.54, 1.807) is 38.5 Å². The van der Waals surface area contributed by atoms with Crippen LogP contribution in [0.25, 0.3) is 0 Å². The minimum absolute atomic E-state index is 0.390. The van der Waals surface area contributed by atoms with Gasteiger partial charge in [0.2, 0.25) is 5.95 Å². The van der Waals surface area contributed by atoms with Crippen LogP contribution in [0.4, 0.5) is 23.3 Å². The van der Waals surface area contributed by atoms with Crippen LogP contribution in [0.2, 0.25) is 5.02 Å². The summed E-state index contributed by atoms with van der Waals surface area (Å²) < 4.78 is 15.7. The smallest absolute Gasteiger partial charge is 0.230 e. The number of nitrogens with one attached hydrogen (secondary N) is 2. The van der Waals surface area contributed by atoms with Crippen LogP contribution in [0.1, 0.15) is 11.5 Å². The lowest BCUT2D eigenvalue weighted by Crippen LogP contribution is -2.03. The van der Waals surface area contributed by atoms with Crippen LogP contribution in [0.3, 0.4) is 0 Å². The van der Waals surface area contributed by atoms with Gasteiger partial charge in [0.1, 0.15) is 23.1 Å². The van der Waals surface area contributed by atoms with E-state index in [-0.39, 0.29) is 0 Å². The Morgan fingerprint density at radius 2 is 1.69 bits per heavy atom. The number of hydrogen-bond donors (Lipinski definition) is 2. The number of rotatable bonds is 6. The van der Waals surface area contributed by atoms with Gasteiger partial charge in [-0.1, -0.05) is 16.8 Å². The molecule has 136 valence electrons. The van der Waals surface area contributed by atoms with E-state index in [2.05, 4.69) is 25.8 Å². The van der Waals surface area contributed by atoms with E-state index >= 15 is 0 Å². The average Bonchev–Trinajstić information content (AvgIpc) is 3.00. The van der Waals surface area contributed by atoms with Crippen molar-refractivity contribution in [2.45, 2.75) is 13.8 Å². The number of methoxy groups -OCH3 is 2. The Bertz CT molecular complexity index is 929. The molecule has 2 aromatic heterocycles. The minimum atomic E-state index is 0.390. The Morgan fingerprint density at radius 3 is 2.35 bits per heavy atom. The molecule has 3 aromatic rings. The normalized spacial score (nSPS) is 10.5. The van der Waals surface area contributed by atoms with Gasteiger partial charge in [0.15, 0.2) is 5.82 Å². The maximum atomic E-state index is 6.14. The molecular formula is C17H18ClN5O3. The van der Waals surface area contributed by atoms with Gasteiger partial charge in [0.05, 0.1) is 24.9 Å². The van der Waals surface area contributed by atoms with Gasteiger partial charge < -0.3 is 24.6 Å². The quantitative estimate of drug-likeness (QED) is 0.660. The van der Waals surface area contributed by atoms with Gasteiger partial charge in [0.25, 0.3) is 0 Å². The van der Waals surface area contributed by atoms with Crippen molar-refractivity contribution in [3.05, 3.63) is 40.7 Å². The number of hydrogen-bond acceptors (Lipinski definition) is 8. The third kappa shape index (κ3) is 3.97. The molecule has 0 saturated carbocycles. The number of aromatic nitrogens is 3. The van der Waals surface area contributed by atoms with Crippen LogP contribution in [-0.4, -0.2) is 29.3 Å². The summed E-state index contributed by atoms with van der Waals surface area (Å²) in [6.45, 7) is 3.67. The Balaban J connectivity index is 1.90. The summed E-state index contributed by atoms with van der Waals surface area (Å²) >= 11 is 6.14. The van der Waals surface area contributed by atoms with Crippen molar-refractivity contribution in [1.29, 1.82) is 0 Å². The van der Waals surface area contributed by atoms with Gasteiger partial charge in [-0.05, 0) is 13.8 Å². The van der Waals surface area contributed by atoms with Crippen LogP contribution in [0, 0.1) is 13.8 Å². The molecular weight excluding hydrogens is 358 g/mol. The Kier molecular flexibility index (Phi) is 5.13. The summed E-state index contributed by atoms with van der Waals surface area (Å²) in [7, 11) is 3.11. The third-order valence-corrected chi connectivity index (χ3v) is 3.75. The van der Waals surface area contributed by atoms with E-state index in [9.17, 15) is 0 Å². The summed E-state index contributed by atoms with van der Waals surface area (Å²) in [5.74, 6) is 3.27. The molecule has 2 heterocycles. The van der Waals surface area contributed by atoms with Crippen LogP contribution >= 0.6 is 11.6 Å². The van der Waals surface area contributed by atoms with E-state index in [0.717, 1.165) is 5.69 Å². The fourth-order valence-electron chi connectivity index (χ4n) is 2.32. The number of benzene rings is 1. The fraction of sp³-hybridized carbons (Fsp3) is 0.235. The molecule has 8 nitrogen and oxygen atoms in total. The molecule has 9 heteroatoms. The molecule has 0 radical (unpaired) electrons. The van der Waals surface area contributed by atoms with Crippen molar-refractivity contribution in [1.82, 2.24) is 15.1 Å². The van der Waals surface area contributed by atoms with Crippen molar-refractivity contribution >= 4 is 34.9 Å². The molecule has 0 unspecified atom stereocenters. The molecule has 0 aliphatic carbocycles. The largest absolute Gasteiger partial charge is 0.495 e. The number of ether oxygens (including phenoxy) is 2. The zero-order valence-corrected chi connectivity index (χ0v) is 15.5. The highest BCUT2D eigenvalue weighted by atomic mass is 35.5. The van der Waals surface area contributed by atoms with Crippen molar-refractivity contribution in [3.63, 3.8) is 0 Å². The summed E-state index contributed by atoms with van der Waals surface area (Å²) in [6, 6.07) is 6.98. The highest BCUT2D eigenvalue weighted by Crippen LogP contribution is 2.37. The highest BCUT2D eigenvalue weighted by Gasteiger charge is 2.12. The van der Waals surface area contributed by atoms with Gasteiger partial charge >= 0.3 is 0 Å². The zero-order valence-electron chi connectivity index (χ0n) is 14.8. The predicted octanol–water partition coefficient (Wildman–Crippen LogP) is 4.24. The second-order valence-corrected chi connectivity index (χ2v) is 5.89. The monoisotopic (exact) mass is 375 g/mol. The molecule has 0 atom stereocenters. The standard InChI is InChI=1S/C17H18ClN5O3/c1-9-5-15(21-17(19-9)22-16-6-10(2)26-23-16)20-12-8-13(24-3)11(18)7-14(12)25-4/h5-8H,1-4H3,(H2,19,20,21,22,23). The molecule has 0 saturated heterocycles. The van der Waals surface area contributed by atoms with Gasteiger partial charge in [-0.3, -0.25) is 0 Å². The van der Waals surface area contributed by atoms with Gasteiger partial charge in [-0.25, -0.2) is 4.98 Å². The number of nitrogens with zero attached hydrogens (tertiary/aromatic N) is 3. The molecule has 2 N–H and O–H groups in total. The first-order valence-electron chi connectivity index (χ1n) is 7.73. The molecule has 0 fully saturated rings. The van der Waals surface area contributed by atoms with E-state index in [1.165, 1.54) is 0 Å². The van der Waals surface area contributed by atoms with Crippen molar-refractivity contribution < 1.29 is 14.0 Å². The Hall–Kier alpha value is -3.00. The Labute approximate surface area is 155 Å². The van der Waals surface area contributed by atoms with Gasteiger partial charge in [-0.2, -0.15) is 4.98 Å². The minimum Gasteiger partial charge on any atom is -0.495 e. The molecule has 0 bridgehead atoms. The van der Waals surface area contributed by atoms with E-state index in [0.29, 0.717) is 45.6 Å². The second kappa shape index (κ2) is 7.49. The number of halogens is 1. The van der Waals surface area contributed by atoms with Crippen molar-refractivity contribution in [3.8, 4) is 11.5 Å². The number of aryl methyl sites for hydroxylation is 2. The molecule has 0 aliphatic heterocycles. The topological polar surface area (TPSA) is 94.3 Å². The molecule has 0 aliphatic rings. The van der Waals surface area contributed by atoms with Crippen LogP contribution in [0.5, 0.6) is 11.5 Å². The second-order valence-electron chi connectivity index (χ2n) is 5.48. The van der Waals surface area contributed by atoms with Crippen molar-refractivity contribution in [2.75, 3.05) is 24.9 Å². The first-order valence-corrected chi connectivity index (χ1v) is 8.11. The first-order chi connectivity index (χ1) is 12.5. The van der Waals surface area contributed by atoms with E-state index in [4.69, 9.17) is 25.6 Å². The summed E-state index contributed by atoms with van der Waals surface area (Å²) in [5, 5.41) is 10.5. The predicted molar refractivity (Wildman–Crippen MR) is 99.1 cm³/mol. The Morgan fingerprint density at radius 1 is 0.923 bits per heavy atom. The summed E-state index contributed by atoms with van der Waals surface area (Å²) in [4.78, 5) is 8.79. The maximum Gasteiger partial charge on any atom is 0.230 e. The summed E-state index contributed by atoms with van der Waals surface area (Å²) in [5.41, 5.74) is 1.43. The summed E-state index contributed by atoms with van der Waals surface area (Å²) in [6.07, 6.45) is 0. The molecule has 3 rings (SSSR count). The SMILES string of the molecule is COc1cc(Nc2cc(C)nc(Nc3cc(C)on3)n2)c(OC)cc1Cl. The molecule has 0 spiro atoms. The molecule has 0 amide bonds. The first kappa shape index (κ1) is 17.8. The number of anilines is 4. The molecule has 26 heavy (non-hydrogen) atoms. The van der Waals surface area contributed by atoms with Gasteiger partial charge in [-0.15, -0.1) is 0 Å². The van der Waals surface area contributed by atoms with Gasteiger partial charge in [0, 0.05) is 30.0 Å². The average molecular weight is 376 g/mol. The molecule has 1 aromatic carbocycles. The van der Waals surface area contributed by atoms with Crippen LogP contribution < -0.4 is 20.1 Å². The fourth-order valence-corrected chi connectivity index (χ4v) is 2.56. The third-order valence-electron chi connectivity index (χ3n) is 3.46.